The number of benzene rings is 2. The van der Waals surface area contributed by atoms with E-state index >= 15 is 0 Å². The van der Waals surface area contributed by atoms with Gasteiger partial charge in [0.1, 0.15) is 6.61 Å². The Bertz CT molecular complexity index is 697. The van der Waals surface area contributed by atoms with Crippen molar-refractivity contribution in [3.63, 3.8) is 0 Å². The Morgan fingerprint density at radius 2 is 1.86 bits per heavy atom. The standard InChI is InChI=1S/C18H17Cl2NO/c1-4-8-22-18-15(19)9-14(10-16(18)20)11-21-17-7-5-6-12(2)13(17)3/h1,5-7,9-10,21H,8,11H2,2-3H3. The van der Waals surface area contributed by atoms with E-state index in [0.717, 1.165) is 11.3 Å². The smallest absolute Gasteiger partial charge is 0.157 e. The molecule has 0 aliphatic heterocycles. The van der Waals surface area contributed by atoms with E-state index in [9.17, 15) is 0 Å². The van der Waals surface area contributed by atoms with E-state index in [0.29, 0.717) is 22.3 Å². The van der Waals surface area contributed by atoms with Crippen molar-refractivity contribution in [2.75, 3.05) is 11.9 Å². The zero-order valence-corrected chi connectivity index (χ0v) is 14.1. The monoisotopic (exact) mass is 333 g/mol. The number of halogens is 2. The summed E-state index contributed by atoms with van der Waals surface area (Å²) in [6, 6.07) is 9.83. The average Bonchev–Trinajstić information content (AvgIpc) is 2.48. The van der Waals surface area contributed by atoms with E-state index < -0.39 is 0 Å². The van der Waals surface area contributed by atoms with Gasteiger partial charge in [-0.1, -0.05) is 41.3 Å². The molecule has 114 valence electrons. The van der Waals surface area contributed by atoms with Crippen LogP contribution in [0.5, 0.6) is 5.75 Å². The summed E-state index contributed by atoms with van der Waals surface area (Å²) in [6.45, 7) is 4.94. The van der Waals surface area contributed by atoms with E-state index in [1.54, 1.807) is 0 Å². The predicted molar refractivity (Wildman–Crippen MR) is 94.0 cm³/mol. The van der Waals surface area contributed by atoms with Gasteiger partial charge in [-0.25, -0.2) is 0 Å². The summed E-state index contributed by atoms with van der Waals surface area (Å²) in [6.07, 6.45) is 5.17. The maximum atomic E-state index is 6.20. The second-order valence-corrected chi connectivity index (χ2v) is 5.80. The SMILES string of the molecule is C#CCOc1c(Cl)cc(CNc2cccc(C)c2C)cc1Cl. The Morgan fingerprint density at radius 1 is 1.18 bits per heavy atom. The first-order chi connectivity index (χ1) is 10.5. The number of terminal acetylenes is 1. The van der Waals surface area contributed by atoms with Crippen molar-refractivity contribution in [1.29, 1.82) is 0 Å². The van der Waals surface area contributed by atoms with E-state index in [1.165, 1.54) is 11.1 Å². The van der Waals surface area contributed by atoms with Crippen LogP contribution in [0.15, 0.2) is 30.3 Å². The van der Waals surface area contributed by atoms with Gasteiger partial charge in [0.25, 0.3) is 0 Å². The van der Waals surface area contributed by atoms with Crippen LogP contribution in [0.25, 0.3) is 0 Å². The zero-order valence-electron chi connectivity index (χ0n) is 12.5. The molecule has 1 N–H and O–H groups in total. The van der Waals surface area contributed by atoms with Crippen LogP contribution in [-0.4, -0.2) is 6.61 Å². The Labute approximate surface area is 141 Å². The van der Waals surface area contributed by atoms with Crippen LogP contribution in [0.1, 0.15) is 16.7 Å². The first-order valence-electron chi connectivity index (χ1n) is 6.87. The topological polar surface area (TPSA) is 21.3 Å². The van der Waals surface area contributed by atoms with Crippen LogP contribution in [0.3, 0.4) is 0 Å². The highest BCUT2D eigenvalue weighted by molar-refractivity contribution is 6.37. The fraction of sp³-hybridized carbons (Fsp3) is 0.222. The second-order valence-electron chi connectivity index (χ2n) is 4.98. The summed E-state index contributed by atoms with van der Waals surface area (Å²) in [5.74, 6) is 2.82. The van der Waals surface area contributed by atoms with Gasteiger partial charge >= 0.3 is 0 Å². The molecule has 4 heteroatoms. The maximum Gasteiger partial charge on any atom is 0.157 e. The molecule has 0 aliphatic rings. The highest BCUT2D eigenvalue weighted by atomic mass is 35.5. The molecule has 0 fully saturated rings. The van der Waals surface area contributed by atoms with Crippen molar-refractivity contribution in [2.24, 2.45) is 0 Å². The molecule has 0 atom stereocenters. The number of nitrogens with one attached hydrogen (secondary N) is 1. The Hall–Kier alpha value is -1.82. The Morgan fingerprint density at radius 3 is 2.50 bits per heavy atom. The van der Waals surface area contributed by atoms with Gasteiger partial charge in [-0.2, -0.15) is 0 Å². The maximum absolute atomic E-state index is 6.20. The molecule has 0 saturated carbocycles. The highest BCUT2D eigenvalue weighted by Gasteiger charge is 2.10. The number of rotatable bonds is 5. The molecule has 0 spiro atoms. The van der Waals surface area contributed by atoms with Gasteiger partial charge in [-0.3, -0.25) is 0 Å². The molecular formula is C18H17Cl2NO. The number of hydrogen-bond donors (Lipinski definition) is 1. The molecule has 2 aromatic carbocycles. The van der Waals surface area contributed by atoms with Gasteiger partial charge < -0.3 is 10.1 Å². The van der Waals surface area contributed by atoms with Gasteiger partial charge in [0, 0.05) is 12.2 Å². The number of aryl methyl sites for hydroxylation is 1. The fourth-order valence-electron chi connectivity index (χ4n) is 2.11. The second kappa shape index (κ2) is 7.45. The Balaban J connectivity index is 2.14. The van der Waals surface area contributed by atoms with Crippen LogP contribution < -0.4 is 10.1 Å². The van der Waals surface area contributed by atoms with E-state index in [2.05, 4.69) is 37.2 Å². The lowest BCUT2D eigenvalue weighted by Gasteiger charge is -2.13. The van der Waals surface area contributed by atoms with Gasteiger partial charge in [0.2, 0.25) is 0 Å². The number of hydrogen-bond acceptors (Lipinski definition) is 2. The zero-order chi connectivity index (χ0) is 16.1. The molecule has 0 aliphatic carbocycles. The van der Waals surface area contributed by atoms with Gasteiger partial charge in [-0.05, 0) is 48.7 Å². The lowest BCUT2D eigenvalue weighted by molar-refractivity contribution is 0.371. The van der Waals surface area contributed by atoms with Crippen molar-refractivity contribution < 1.29 is 4.74 Å². The van der Waals surface area contributed by atoms with Crippen LogP contribution in [-0.2, 0) is 6.54 Å². The molecule has 0 radical (unpaired) electrons. The minimum atomic E-state index is 0.138. The molecule has 0 saturated heterocycles. The molecule has 0 bridgehead atoms. The number of anilines is 1. The lowest BCUT2D eigenvalue weighted by Crippen LogP contribution is -2.03. The largest absolute Gasteiger partial charge is 0.478 e. The third-order valence-electron chi connectivity index (χ3n) is 3.45. The summed E-state index contributed by atoms with van der Waals surface area (Å²) < 4.78 is 5.35. The molecule has 2 rings (SSSR count). The van der Waals surface area contributed by atoms with Crippen molar-refractivity contribution in [3.05, 3.63) is 57.1 Å². The summed E-state index contributed by atoms with van der Waals surface area (Å²) in [4.78, 5) is 0. The van der Waals surface area contributed by atoms with Crippen LogP contribution in [0.2, 0.25) is 10.0 Å². The van der Waals surface area contributed by atoms with E-state index in [-0.39, 0.29) is 6.61 Å². The summed E-state index contributed by atoms with van der Waals surface area (Å²) in [7, 11) is 0. The lowest BCUT2D eigenvalue weighted by atomic mass is 10.1. The van der Waals surface area contributed by atoms with Crippen molar-refractivity contribution in [3.8, 4) is 18.1 Å². The molecular weight excluding hydrogens is 317 g/mol. The quantitative estimate of drug-likeness (QED) is 0.756. The molecule has 0 amide bonds. The first kappa shape index (κ1) is 16.5. The van der Waals surface area contributed by atoms with E-state index in [4.69, 9.17) is 34.4 Å². The van der Waals surface area contributed by atoms with Crippen molar-refractivity contribution in [2.45, 2.75) is 20.4 Å². The molecule has 0 unspecified atom stereocenters. The van der Waals surface area contributed by atoms with Crippen LogP contribution in [0, 0.1) is 26.2 Å². The van der Waals surface area contributed by atoms with Gasteiger partial charge in [0.15, 0.2) is 5.75 Å². The van der Waals surface area contributed by atoms with Crippen LogP contribution >= 0.6 is 23.2 Å². The molecule has 0 aromatic heterocycles. The molecule has 2 nitrogen and oxygen atoms in total. The summed E-state index contributed by atoms with van der Waals surface area (Å²) in [5, 5.41) is 4.31. The van der Waals surface area contributed by atoms with Gasteiger partial charge in [0.05, 0.1) is 10.0 Å². The van der Waals surface area contributed by atoms with Crippen molar-refractivity contribution in [1.82, 2.24) is 0 Å². The predicted octanol–water partition coefficient (Wildman–Crippen LogP) is 5.23. The fourth-order valence-corrected chi connectivity index (χ4v) is 2.75. The first-order valence-corrected chi connectivity index (χ1v) is 7.62. The minimum Gasteiger partial charge on any atom is -0.478 e. The summed E-state index contributed by atoms with van der Waals surface area (Å²) >= 11 is 12.4. The third-order valence-corrected chi connectivity index (χ3v) is 4.01. The molecule has 0 heterocycles. The summed E-state index contributed by atoms with van der Waals surface area (Å²) in [5.41, 5.74) is 4.55. The molecule has 22 heavy (non-hydrogen) atoms. The van der Waals surface area contributed by atoms with Crippen LogP contribution in [0.4, 0.5) is 5.69 Å². The minimum absolute atomic E-state index is 0.138. The van der Waals surface area contributed by atoms with Gasteiger partial charge in [-0.15, -0.1) is 6.42 Å². The van der Waals surface area contributed by atoms with E-state index in [1.807, 2.05) is 18.2 Å². The van der Waals surface area contributed by atoms with Crippen molar-refractivity contribution >= 4 is 28.9 Å². The third kappa shape index (κ3) is 3.88. The highest BCUT2D eigenvalue weighted by Crippen LogP contribution is 2.34. The normalized spacial score (nSPS) is 10.1. The number of ether oxygens (including phenoxy) is 1. The molecule has 2 aromatic rings. The average molecular weight is 334 g/mol. The Kier molecular flexibility index (Phi) is 5.60.